The van der Waals surface area contributed by atoms with Gasteiger partial charge < -0.3 is 5.71 Å². The molecule has 0 rings (SSSR count). The fraction of sp³-hybridized carbons (Fsp3) is 0. The van der Waals surface area contributed by atoms with Gasteiger partial charge in [0.25, 0.3) is 0 Å². The molecule has 0 nitrogen and oxygen atoms in total. The summed E-state index contributed by atoms with van der Waals surface area (Å²) in [6, 6.07) is 0. The summed E-state index contributed by atoms with van der Waals surface area (Å²) in [6.07, 6.45) is 0. The molecule has 7 heavy (non-hydrogen) atoms. The number of hydrogen-bond acceptors (Lipinski definition) is 0. The fourth-order valence-corrected chi connectivity index (χ4v) is 0. The molecule has 1 unspecified atom stereocenters. The van der Waals surface area contributed by atoms with Gasteiger partial charge in [-0.25, -0.2) is 0 Å². The monoisotopic (exact) mass is 306 g/mol. The molecule has 0 aliphatic rings. The van der Waals surface area contributed by atoms with Crippen LogP contribution in [0.2, 0.25) is 0 Å². The smallest absolute Gasteiger partial charge is 1.00 e. The standard InChI is InChI=1S/Cu.K.Mg.Mn.Na.H3P.Zn.4H/h;;;;;1H3;;;;;/q;+1;+2;;+1;;;4*-1. The van der Waals surface area contributed by atoms with E-state index in [1.807, 2.05) is 0 Å². The van der Waals surface area contributed by atoms with Crippen molar-refractivity contribution in [1.82, 2.24) is 0 Å². The summed E-state index contributed by atoms with van der Waals surface area (Å²) in [5, 5.41) is 0. The maximum Gasteiger partial charge on any atom is 2.00 e. The number of rotatable bonds is 0. The third-order valence-electron chi connectivity index (χ3n) is 0. The van der Waals surface area contributed by atoms with Crippen molar-refractivity contribution in [2.75, 3.05) is 0 Å². The molecule has 0 saturated heterocycles. The Hall–Kier alpha value is 5.49. The SMILES string of the molecule is P.[Cu].[H-].[H-].[H-].[H-].[K+].[Mg+2].[Mn].[Na+].[Zn]. The fourth-order valence-electron chi connectivity index (χ4n) is 0. The van der Waals surface area contributed by atoms with Gasteiger partial charge in [0.1, 0.15) is 0 Å². The second kappa shape index (κ2) is 41.9. The Morgan fingerprint density at radius 3 is 1.14 bits per heavy atom. The summed E-state index contributed by atoms with van der Waals surface area (Å²) in [7, 11) is 0. The van der Waals surface area contributed by atoms with Crippen LogP contribution in [0, 0.1) is 0 Å². The van der Waals surface area contributed by atoms with E-state index in [2.05, 4.69) is 0 Å². The molecule has 0 saturated carbocycles. The van der Waals surface area contributed by atoms with Gasteiger partial charge in [0.15, 0.2) is 0 Å². The average molecular weight is 308 g/mol. The van der Waals surface area contributed by atoms with Crippen LogP contribution in [-0.4, -0.2) is 23.1 Å². The molecule has 0 N–H and O–H groups in total. The summed E-state index contributed by atoms with van der Waals surface area (Å²) < 4.78 is 0. The van der Waals surface area contributed by atoms with E-state index in [1.165, 1.54) is 0 Å². The van der Waals surface area contributed by atoms with Gasteiger partial charge in [-0.1, -0.05) is 0 Å². The summed E-state index contributed by atoms with van der Waals surface area (Å²) in [5.41, 5.74) is 0. The van der Waals surface area contributed by atoms with Crippen molar-refractivity contribution >= 4 is 33.0 Å². The first-order chi connectivity index (χ1) is 0. The van der Waals surface area contributed by atoms with Crippen molar-refractivity contribution in [3.05, 3.63) is 0 Å². The predicted octanol–water partition coefficient (Wildman–Crippen LogP) is -5.87. The molecule has 36 valence electrons. The molecule has 0 aromatic rings. The minimum absolute atomic E-state index is 0. The predicted molar refractivity (Wildman–Crippen MR) is 21.3 cm³/mol. The van der Waals surface area contributed by atoms with Crippen LogP contribution in [-0.2, 0) is 53.6 Å². The quantitative estimate of drug-likeness (QED) is 0.309. The molecule has 0 amide bonds. The molecular weight excluding hydrogens is 301 g/mol. The summed E-state index contributed by atoms with van der Waals surface area (Å²) >= 11 is 0. The summed E-state index contributed by atoms with van der Waals surface area (Å²) in [5.74, 6) is 0. The van der Waals surface area contributed by atoms with E-state index >= 15 is 0 Å². The van der Waals surface area contributed by atoms with E-state index in [1.54, 1.807) is 0 Å². The Morgan fingerprint density at radius 2 is 1.14 bits per heavy atom. The van der Waals surface area contributed by atoms with Gasteiger partial charge in [0, 0.05) is 53.6 Å². The van der Waals surface area contributed by atoms with Crippen LogP contribution in [0.5, 0.6) is 0 Å². The summed E-state index contributed by atoms with van der Waals surface area (Å²) in [6.45, 7) is 0. The molecule has 7 heteroatoms. The molecule has 2 radical (unpaired) electrons. The van der Waals surface area contributed by atoms with Crippen molar-refractivity contribution < 1.29 is 140 Å². The topological polar surface area (TPSA) is 0 Å². The molecule has 0 heterocycles. The van der Waals surface area contributed by atoms with Crippen LogP contribution in [0.1, 0.15) is 5.71 Å². The molecular formula is H7CuKMgMnNaPZn. The van der Waals surface area contributed by atoms with Crippen LogP contribution in [0.4, 0.5) is 0 Å². The normalized spacial score (nSPS) is 0. The third kappa shape index (κ3) is 34.3. The first-order valence-corrected chi connectivity index (χ1v) is 0. The van der Waals surface area contributed by atoms with Crippen molar-refractivity contribution in [3.8, 4) is 0 Å². The second-order valence-corrected chi connectivity index (χ2v) is 0. The van der Waals surface area contributed by atoms with Crippen LogP contribution >= 0.6 is 9.90 Å². The maximum absolute atomic E-state index is 0. The van der Waals surface area contributed by atoms with E-state index in [4.69, 9.17) is 0 Å². The van der Waals surface area contributed by atoms with Gasteiger partial charge >= 0.3 is 104 Å². The van der Waals surface area contributed by atoms with E-state index in [0.717, 1.165) is 0 Å². The third-order valence-corrected chi connectivity index (χ3v) is 0. The Balaban J connectivity index is 0. The van der Waals surface area contributed by atoms with Crippen molar-refractivity contribution in [1.29, 1.82) is 0 Å². The maximum atomic E-state index is 0. The Morgan fingerprint density at radius 1 is 1.14 bits per heavy atom. The molecule has 0 aliphatic carbocycles. The van der Waals surface area contributed by atoms with Crippen LogP contribution in [0.15, 0.2) is 0 Å². The Kier molecular flexibility index (Phi) is 328. The molecule has 1 atom stereocenters. The van der Waals surface area contributed by atoms with Gasteiger partial charge in [-0.15, -0.1) is 0 Å². The molecule has 0 spiro atoms. The molecule has 0 bridgehead atoms. The van der Waals surface area contributed by atoms with Gasteiger partial charge in [-0.05, 0) is 0 Å². The van der Waals surface area contributed by atoms with Gasteiger partial charge in [-0.2, -0.15) is 9.90 Å². The van der Waals surface area contributed by atoms with Gasteiger partial charge in [0.2, 0.25) is 0 Å². The van der Waals surface area contributed by atoms with Gasteiger partial charge in [0.05, 0.1) is 0 Å². The molecule has 0 aliphatic heterocycles. The molecule has 0 aromatic heterocycles. The van der Waals surface area contributed by atoms with Crippen LogP contribution < -0.4 is 80.9 Å². The summed E-state index contributed by atoms with van der Waals surface area (Å²) in [4.78, 5) is 0. The zero-order valence-electron chi connectivity index (χ0n) is 8.80. The van der Waals surface area contributed by atoms with Crippen molar-refractivity contribution in [2.45, 2.75) is 0 Å². The average Bonchev–Trinajstić information content (AvgIpc) is 0. The zero-order valence-corrected chi connectivity index (χ0v) is 17.8. The largest absolute Gasteiger partial charge is 2.00 e. The van der Waals surface area contributed by atoms with Crippen molar-refractivity contribution in [2.24, 2.45) is 0 Å². The minimum atomic E-state index is 0. The minimum Gasteiger partial charge on any atom is -1.00 e. The van der Waals surface area contributed by atoms with E-state index in [-0.39, 0.29) is 173 Å². The Labute approximate surface area is 169 Å². The first-order valence-electron chi connectivity index (χ1n) is 0. The second-order valence-electron chi connectivity index (χ2n) is 0. The van der Waals surface area contributed by atoms with Crippen molar-refractivity contribution in [3.63, 3.8) is 0 Å². The number of hydrogen-bond donors (Lipinski definition) is 0. The van der Waals surface area contributed by atoms with Crippen LogP contribution in [0.3, 0.4) is 0 Å². The van der Waals surface area contributed by atoms with E-state index < -0.39 is 0 Å². The van der Waals surface area contributed by atoms with E-state index in [0.29, 0.717) is 0 Å². The van der Waals surface area contributed by atoms with Crippen LogP contribution in [0.25, 0.3) is 0 Å². The molecule has 0 aromatic carbocycles. The van der Waals surface area contributed by atoms with Gasteiger partial charge in [-0.3, -0.25) is 0 Å². The Bertz CT molecular complexity index is 30.1. The first kappa shape index (κ1) is 54.7. The molecule has 0 fully saturated rings. The van der Waals surface area contributed by atoms with E-state index in [9.17, 15) is 0 Å². The zero-order chi connectivity index (χ0) is 0.